The second-order valence-corrected chi connectivity index (χ2v) is 5.50. The first kappa shape index (κ1) is 12.1. The minimum atomic E-state index is 0.0690. The van der Waals surface area contributed by atoms with E-state index >= 15 is 0 Å². The zero-order valence-electron chi connectivity index (χ0n) is 10.4. The van der Waals surface area contributed by atoms with Gasteiger partial charge in [-0.15, -0.1) is 11.3 Å². The van der Waals surface area contributed by atoms with Crippen molar-refractivity contribution in [2.75, 3.05) is 0 Å². The molecule has 88 valence electrons. The van der Waals surface area contributed by atoms with Gasteiger partial charge < -0.3 is 0 Å². The van der Waals surface area contributed by atoms with Crippen LogP contribution in [0.25, 0.3) is 11.1 Å². The summed E-state index contributed by atoms with van der Waals surface area (Å²) in [6.07, 6.45) is 0. The topological polar surface area (TPSA) is 17.1 Å². The SMILES string of the molecule is Cc1ccc(-c2csc(C(=O)C(C)C)c2)cc1. The van der Waals surface area contributed by atoms with Gasteiger partial charge in [-0.3, -0.25) is 4.79 Å². The van der Waals surface area contributed by atoms with Crippen LogP contribution in [-0.4, -0.2) is 5.78 Å². The molecule has 0 radical (unpaired) electrons. The number of aryl methyl sites for hydroxylation is 1. The molecule has 0 spiro atoms. The molecular formula is C15H16OS. The molecule has 2 rings (SSSR count). The van der Waals surface area contributed by atoms with Gasteiger partial charge in [-0.05, 0) is 29.5 Å². The van der Waals surface area contributed by atoms with Crippen molar-refractivity contribution < 1.29 is 4.79 Å². The first-order valence-corrected chi connectivity index (χ1v) is 6.65. The normalized spacial score (nSPS) is 10.8. The molecular weight excluding hydrogens is 228 g/mol. The molecule has 17 heavy (non-hydrogen) atoms. The maximum atomic E-state index is 11.9. The molecule has 0 aliphatic heterocycles. The van der Waals surface area contributed by atoms with Crippen LogP contribution in [0.1, 0.15) is 29.1 Å². The van der Waals surface area contributed by atoms with E-state index in [0.717, 1.165) is 10.4 Å². The molecule has 0 atom stereocenters. The molecule has 1 nitrogen and oxygen atoms in total. The number of rotatable bonds is 3. The zero-order chi connectivity index (χ0) is 12.4. The summed E-state index contributed by atoms with van der Waals surface area (Å²) in [6, 6.07) is 10.4. The lowest BCUT2D eigenvalue weighted by Crippen LogP contribution is -2.04. The number of carbonyl (C=O) groups is 1. The summed E-state index contributed by atoms with van der Waals surface area (Å²) in [7, 11) is 0. The van der Waals surface area contributed by atoms with E-state index in [0.29, 0.717) is 0 Å². The number of hydrogen-bond donors (Lipinski definition) is 0. The number of hydrogen-bond acceptors (Lipinski definition) is 2. The van der Waals surface area contributed by atoms with E-state index in [1.54, 1.807) is 0 Å². The Kier molecular flexibility index (Phi) is 3.43. The van der Waals surface area contributed by atoms with Crippen molar-refractivity contribution in [1.82, 2.24) is 0 Å². The molecule has 0 fully saturated rings. The molecule has 0 bridgehead atoms. The minimum Gasteiger partial charge on any atom is -0.293 e. The van der Waals surface area contributed by atoms with Gasteiger partial charge in [0.25, 0.3) is 0 Å². The molecule has 0 unspecified atom stereocenters. The van der Waals surface area contributed by atoms with Gasteiger partial charge in [-0.1, -0.05) is 43.7 Å². The van der Waals surface area contributed by atoms with Gasteiger partial charge in [0.1, 0.15) is 0 Å². The minimum absolute atomic E-state index is 0.0690. The first-order chi connectivity index (χ1) is 8.08. The lowest BCUT2D eigenvalue weighted by molar-refractivity contribution is 0.0943. The Morgan fingerprint density at radius 3 is 2.35 bits per heavy atom. The van der Waals surface area contributed by atoms with Gasteiger partial charge in [0.05, 0.1) is 4.88 Å². The lowest BCUT2D eigenvalue weighted by atomic mass is 10.0. The molecule has 0 saturated carbocycles. The fourth-order valence-corrected chi connectivity index (χ4v) is 2.65. The molecule has 0 aliphatic carbocycles. The number of thiophene rings is 1. The lowest BCUT2D eigenvalue weighted by Gasteiger charge is -2.00. The van der Waals surface area contributed by atoms with Crippen LogP contribution >= 0.6 is 11.3 Å². The average Bonchev–Trinajstić information content (AvgIpc) is 2.78. The number of carbonyl (C=O) groups excluding carboxylic acids is 1. The van der Waals surface area contributed by atoms with Crippen LogP contribution in [0.3, 0.4) is 0 Å². The van der Waals surface area contributed by atoms with Crippen molar-refractivity contribution >= 4 is 17.1 Å². The highest BCUT2D eigenvalue weighted by molar-refractivity contribution is 7.12. The summed E-state index contributed by atoms with van der Waals surface area (Å²) in [5.74, 6) is 0.299. The predicted octanol–water partition coefficient (Wildman–Crippen LogP) is 4.56. The standard InChI is InChI=1S/C15H16OS/c1-10(2)15(16)14-8-13(9-17-14)12-6-4-11(3)5-7-12/h4-10H,1-3H3. The fourth-order valence-electron chi connectivity index (χ4n) is 1.65. The van der Waals surface area contributed by atoms with Crippen LogP contribution in [0.2, 0.25) is 0 Å². The Morgan fingerprint density at radius 1 is 1.12 bits per heavy atom. The summed E-state index contributed by atoms with van der Waals surface area (Å²) in [5.41, 5.74) is 3.57. The van der Waals surface area contributed by atoms with E-state index in [9.17, 15) is 4.79 Å². The Morgan fingerprint density at radius 2 is 1.76 bits per heavy atom. The summed E-state index contributed by atoms with van der Waals surface area (Å²) >= 11 is 1.54. The van der Waals surface area contributed by atoms with E-state index in [1.165, 1.54) is 22.5 Å². The Labute approximate surface area is 106 Å². The molecule has 2 heteroatoms. The van der Waals surface area contributed by atoms with E-state index in [-0.39, 0.29) is 11.7 Å². The molecule has 0 aliphatic rings. The molecule has 1 aromatic heterocycles. The van der Waals surface area contributed by atoms with Gasteiger partial charge in [-0.25, -0.2) is 0 Å². The fraction of sp³-hybridized carbons (Fsp3) is 0.267. The third-order valence-electron chi connectivity index (χ3n) is 2.75. The smallest absolute Gasteiger partial charge is 0.175 e. The Hall–Kier alpha value is -1.41. The van der Waals surface area contributed by atoms with Gasteiger partial charge in [-0.2, -0.15) is 0 Å². The summed E-state index contributed by atoms with van der Waals surface area (Å²) in [4.78, 5) is 12.7. The van der Waals surface area contributed by atoms with Crippen LogP contribution in [0.5, 0.6) is 0 Å². The van der Waals surface area contributed by atoms with Gasteiger partial charge in [0.15, 0.2) is 5.78 Å². The van der Waals surface area contributed by atoms with Crippen molar-refractivity contribution in [3.63, 3.8) is 0 Å². The monoisotopic (exact) mass is 244 g/mol. The second-order valence-electron chi connectivity index (χ2n) is 4.58. The summed E-state index contributed by atoms with van der Waals surface area (Å²) < 4.78 is 0. The van der Waals surface area contributed by atoms with Gasteiger partial charge in [0.2, 0.25) is 0 Å². The molecule has 0 N–H and O–H groups in total. The van der Waals surface area contributed by atoms with Crippen LogP contribution < -0.4 is 0 Å². The zero-order valence-corrected chi connectivity index (χ0v) is 11.2. The highest BCUT2D eigenvalue weighted by atomic mass is 32.1. The van der Waals surface area contributed by atoms with Crippen molar-refractivity contribution in [3.8, 4) is 11.1 Å². The summed E-state index contributed by atoms with van der Waals surface area (Å²) in [5, 5.41) is 2.06. The number of Topliss-reactive ketones (excluding diaryl/α,β-unsaturated/α-hetero) is 1. The van der Waals surface area contributed by atoms with E-state index < -0.39 is 0 Å². The number of benzene rings is 1. The maximum Gasteiger partial charge on any atom is 0.175 e. The maximum absolute atomic E-state index is 11.9. The Balaban J connectivity index is 2.30. The molecule has 1 heterocycles. The Bertz CT molecular complexity index is 520. The molecule has 0 amide bonds. The molecule has 1 aromatic carbocycles. The van der Waals surface area contributed by atoms with Gasteiger partial charge in [0, 0.05) is 5.92 Å². The quantitative estimate of drug-likeness (QED) is 0.723. The van der Waals surface area contributed by atoms with Gasteiger partial charge >= 0.3 is 0 Å². The third kappa shape index (κ3) is 2.64. The largest absolute Gasteiger partial charge is 0.293 e. The predicted molar refractivity (Wildman–Crippen MR) is 73.7 cm³/mol. The van der Waals surface area contributed by atoms with Crippen molar-refractivity contribution in [2.45, 2.75) is 20.8 Å². The third-order valence-corrected chi connectivity index (χ3v) is 3.70. The molecule has 2 aromatic rings. The highest BCUT2D eigenvalue weighted by Gasteiger charge is 2.13. The summed E-state index contributed by atoms with van der Waals surface area (Å²) in [6.45, 7) is 5.95. The van der Waals surface area contributed by atoms with Crippen molar-refractivity contribution in [1.29, 1.82) is 0 Å². The van der Waals surface area contributed by atoms with Crippen LogP contribution in [-0.2, 0) is 0 Å². The van der Waals surface area contributed by atoms with Crippen LogP contribution in [0.15, 0.2) is 35.7 Å². The van der Waals surface area contributed by atoms with Crippen LogP contribution in [0.4, 0.5) is 0 Å². The van der Waals surface area contributed by atoms with Crippen molar-refractivity contribution in [2.24, 2.45) is 5.92 Å². The average molecular weight is 244 g/mol. The van der Waals surface area contributed by atoms with E-state index in [4.69, 9.17) is 0 Å². The van der Waals surface area contributed by atoms with E-state index in [2.05, 4.69) is 36.6 Å². The van der Waals surface area contributed by atoms with E-state index in [1.807, 2.05) is 19.9 Å². The second kappa shape index (κ2) is 4.84. The van der Waals surface area contributed by atoms with Crippen LogP contribution in [0, 0.1) is 12.8 Å². The highest BCUT2D eigenvalue weighted by Crippen LogP contribution is 2.27. The molecule has 0 saturated heterocycles. The first-order valence-electron chi connectivity index (χ1n) is 5.77. The number of ketones is 1. The van der Waals surface area contributed by atoms with Crippen molar-refractivity contribution in [3.05, 3.63) is 46.2 Å².